The quantitative estimate of drug-likeness (QED) is 0.252. The third kappa shape index (κ3) is 4.45. The van der Waals surface area contributed by atoms with Gasteiger partial charge in [0.05, 0.1) is 30.6 Å². The van der Waals surface area contributed by atoms with E-state index in [1.165, 1.54) is 23.3 Å². The summed E-state index contributed by atoms with van der Waals surface area (Å²) >= 11 is 0. The monoisotopic (exact) mass is 475 g/mol. The molecule has 0 saturated carbocycles. The second-order valence-electron chi connectivity index (χ2n) is 9.11. The predicted octanol–water partition coefficient (Wildman–Crippen LogP) is 7.12. The van der Waals surface area contributed by atoms with E-state index >= 15 is 0 Å². The summed E-state index contributed by atoms with van der Waals surface area (Å²) in [7, 11) is 0. The number of ether oxygens (including phenoxy) is 1. The third-order valence-electron chi connectivity index (χ3n) is 6.76. The number of aromatic nitrogens is 3. The summed E-state index contributed by atoms with van der Waals surface area (Å²) in [4.78, 5) is 9.17. The Morgan fingerprint density at radius 3 is 2.22 bits per heavy atom. The Morgan fingerprint density at radius 2 is 1.47 bits per heavy atom. The van der Waals surface area contributed by atoms with Crippen LogP contribution in [0.15, 0.2) is 103 Å². The van der Waals surface area contributed by atoms with Crippen LogP contribution in [-0.2, 0) is 17.8 Å². The van der Waals surface area contributed by atoms with Crippen LogP contribution >= 0.6 is 0 Å². The molecule has 5 aromatic rings. The Labute approximate surface area is 210 Å². The normalized spacial score (nSPS) is 14.6. The van der Waals surface area contributed by atoms with Crippen molar-refractivity contribution in [1.29, 1.82) is 0 Å². The van der Waals surface area contributed by atoms with Gasteiger partial charge in [0.1, 0.15) is 11.6 Å². The average molecular weight is 476 g/mol. The summed E-state index contributed by atoms with van der Waals surface area (Å²) in [5.41, 5.74) is 7.43. The molecule has 5 heteroatoms. The molecule has 0 amide bonds. The fourth-order valence-electron chi connectivity index (χ4n) is 4.96. The Hall–Kier alpha value is -4.09. The maximum atomic E-state index is 13.6. The fourth-order valence-corrected chi connectivity index (χ4v) is 4.96. The van der Waals surface area contributed by atoms with Crippen molar-refractivity contribution >= 4 is 0 Å². The van der Waals surface area contributed by atoms with Crippen LogP contribution in [0.4, 0.5) is 4.39 Å². The van der Waals surface area contributed by atoms with Crippen LogP contribution in [0.2, 0.25) is 0 Å². The van der Waals surface area contributed by atoms with Crippen molar-refractivity contribution in [1.82, 2.24) is 14.5 Å². The first kappa shape index (κ1) is 22.4. The maximum absolute atomic E-state index is 13.6. The molecular weight excluding hydrogens is 449 g/mol. The Bertz CT molecular complexity index is 1450. The first-order chi connectivity index (χ1) is 17.8. The molecule has 3 aromatic carbocycles. The van der Waals surface area contributed by atoms with Gasteiger partial charge in [-0.05, 0) is 59.5 Å². The number of rotatable bonds is 7. The summed E-state index contributed by atoms with van der Waals surface area (Å²) in [5.74, 6) is 0.793. The van der Waals surface area contributed by atoms with Gasteiger partial charge in [-0.2, -0.15) is 0 Å². The first-order valence-corrected chi connectivity index (χ1v) is 12.3. The van der Waals surface area contributed by atoms with Crippen molar-refractivity contribution in [3.8, 4) is 33.6 Å². The van der Waals surface area contributed by atoms with Gasteiger partial charge < -0.3 is 9.30 Å². The molecule has 0 bridgehead atoms. The van der Waals surface area contributed by atoms with Gasteiger partial charge in [0.25, 0.3) is 0 Å². The molecular formula is C31H26FN3O. The molecule has 0 radical (unpaired) electrons. The zero-order chi connectivity index (χ0) is 24.3. The molecule has 0 N–H and O–H groups in total. The molecule has 2 aromatic heterocycles. The molecule has 0 saturated heterocycles. The molecule has 0 aliphatic carbocycles. The number of aryl methyl sites for hydroxylation is 1. The van der Waals surface area contributed by atoms with Crippen LogP contribution in [0.5, 0.6) is 0 Å². The van der Waals surface area contributed by atoms with E-state index in [9.17, 15) is 4.39 Å². The zero-order valence-corrected chi connectivity index (χ0v) is 19.8. The van der Waals surface area contributed by atoms with Crippen molar-refractivity contribution in [2.75, 3.05) is 6.61 Å². The second-order valence-corrected chi connectivity index (χ2v) is 9.11. The van der Waals surface area contributed by atoms with Gasteiger partial charge in [0.15, 0.2) is 0 Å². The van der Waals surface area contributed by atoms with Crippen LogP contribution in [0.25, 0.3) is 33.6 Å². The van der Waals surface area contributed by atoms with Crippen molar-refractivity contribution < 1.29 is 9.13 Å². The van der Waals surface area contributed by atoms with E-state index in [1.807, 2.05) is 18.2 Å². The number of halogens is 1. The maximum Gasteiger partial charge on any atom is 0.123 e. The van der Waals surface area contributed by atoms with Gasteiger partial charge in [-0.3, -0.25) is 4.98 Å². The van der Waals surface area contributed by atoms with E-state index in [-0.39, 0.29) is 11.9 Å². The van der Waals surface area contributed by atoms with Gasteiger partial charge in [0, 0.05) is 29.9 Å². The lowest BCUT2D eigenvalue weighted by molar-refractivity contribution is 0.0925. The minimum Gasteiger partial charge on any atom is -0.375 e. The highest BCUT2D eigenvalue weighted by Crippen LogP contribution is 2.39. The minimum absolute atomic E-state index is 0.188. The van der Waals surface area contributed by atoms with Crippen LogP contribution in [0, 0.1) is 5.82 Å². The van der Waals surface area contributed by atoms with Crippen molar-refractivity contribution in [3.63, 3.8) is 0 Å². The van der Waals surface area contributed by atoms with E-state index < -0.39 is 0 Å². The molecule has 1 aliphatic heterocycles. The van der Waals surface area contributed by atoms with Crippen LogP contribution in [0.1, 0.15) is 23.9 Å². The Morgan fingerprint density at radius 1 is 0.778 bits per heavy atom. The number of hydrogen-bond donors (Lipinski definition) is 0. The average Bonchev–Trinajstić information content (AvgIpc) is 3.50. The summed E-state index contributed by atoms with van der Waals surface area (Å²) in [6.45, 7) is 1.16. The highest BCUT2D eigenvalue weighted by Gasteiger charge is 2.30. The number of imidazole rings is 1. The van der Waals surface area contributed by atoms with Gasteiger partial charge >= 0.3 is 0 Å². The van der Waals surface area contributed by atoms with Gasteiger partial charge in [-0.25, -0.2) is 9.37 Å². The van der Waals surface area contributed by atoms with Crippen molar-refractivity contribution in [2.45, 2.75) is 25.5 Å². The number of benzene rings is 3. The lowest BCUT2D eigenvalue weighted by Gasteiger charge is -2.18. The second kappa shape index (κ2) is 9.88. The molecule has 0 fully saturated rings. The van der Waals surface area contributed by atoms with Gasteiger partial charge in [-0.1, -0.05) is 54.6 Å². The largest absolute Gasteiger partial charge is 0.375 e. The van der Waals surface area contributed by atoms with E-state index in [0.29, 0.717) is 13.2 Å². The molecule has 0 spiro atoms. The number of fused-ring (bicyclic) bond motifs is 1. The van der Waals surface area contributed by atoms with E-state index in [2.05, 4.69) is 58.1 Å². The van der Waals surface area contributed by atoms with Crippen LogP contribution in [0.3, 0.4) is 0 Å². The highest BCUT2D eigenvalue weighted by atomic mass is 19.1. The van der Waals surface area contributed by atoms with Gasteiger partial charge in [-0.15, -0.1) is 0 Å². The molecule has 3 heterocycles. The number of pyridine rings is 1. The van der Waals surface area contributed by atoms with Crippen molar-refractivity contribution in [3.05, 3.63) is 121 Å². The standard InChI is InChI=1S/C31H26FN3O/c32-27-12-10-25(11-13-27)30-31(26-16-18-33-19-17-26)35-28(14-15-29(35)34-30)21-36-20-22-6-8-24(9-7-22)23-4-2-1-3-5-23/h1-13,16-19,28H,14-15,20-21H2/t28-/m0/s1. The first-order valence-electron chi connectivity index (χ1n) is 12.3. The highest BCUT2D eigenvalue weighted by molar-refractivity contribution is 5.79. The third-order valence-corrected chi connectivity index (χ3v) is 6.76. The SMILES string of the molecule is Fc1ccc(-c2nc3n(c2-c2ccncc2)[C@H](COCc2ccc(-c4ccccc4)cc2)CC3)cc1. The van der Waals surface area contributed by atoms with E-state index in [1.54, 1.807) is 24.5 Å². The molecule has 1 atom stereocenters. The van der Waals surface area contributed by atoms with E-state index in [0.717, 1.165) is 46.7 Å². The fraction of sp³-hybridized carbons (Fsp3) is 0.161. The molecule has 6 rings (SSSR count). The molecule has 1 aliphatic rings. The molecule has 4 nitrogen and oxygen atoms in total. The molecule has 178 valence electrons. The summed E-state index contributed by atoms with van der Waals surface area (Å²) < 4.78 is 22.1. The van der Waals surface area contributed by atoms with Gasteiger partial charge in [0.2, 0.25) is 0 Å². The van der Waals surface area contributed by atoms with Crippen molar-refractivity contribution in [2.24, 2.45) is 0 Å². The topological polar surface area (TPSA) is 39.9 Å². The Kier molecular flexibility index (Phi) is 6.14. The molecule has 36 heavy (non-hydrogen) atoms. The number of hydrogen-bond acceptors (Lipinski definition) is 3. The smallest absolute Gasteiger partial charge is 0.123 e. The summed E-state index contributed by atoms with van der Waals surface area (Å²) in [5, 5.41) is 0. The lowest BCUT2D eigenvalue weighted by atomic mass is 10.0. The lowest BCUT2D eigenvalue weighted by Crippen LogP contribution is -2.13. The Balaban J connectivity index is 1.22. The van der Waals surface area contributed by atoms with Crippen LogP contribution < -0.4 is 0 Å². The number of nitrogens with zero attached hydrogens (tertiary/aromatic N) is 3. The summed E-state index contributed by atoms with van der Waals surface area (Å²) in [6, 6.07) is 29.7. The zero-order valence-electron chi connectivity index (χ0n) is 19.8. The predicted molar refractivity (Wildman–Crippen MR) is 140 cm³/mol. The van der Waals surface area contributed by atoms with Crippen LogP contribution in [-0.4, -0.2) is 21.1 Å². The van der Waals surface area contributed by atoms with E-state index in [4.69, 9.17) is 9.72 Å². The minimum atomic E-state index is -0.251. The summed E-state index contributed by atoms with van der Waals surface area (Å²) in [6.07, 6.45) is 5.46. The molecule has 0 unspecified atom stereocenters.